The van der Waals surface area contributed by atoms with Crippen molar-refractivity contribution >= 4 is 12.3 Å². The smallest absolute Gasteiger partial charge is 0.0378 e. The number of hydrogen-bond donors (Lipinski definition) is 0. The topological polar surface area (TPSA) is 25.2 Å². The lowest BCUT2D eigenvalue weighted by molar-refractivity contribution is 1.19. The Morgan fingerprint density at radius 2 is 2.13 bits per heavy atom. The van der Waals surface area contributed by atoms with Gasteiger partial charge in [-0.2, -0.15) is 0 Å². The van der Waals surface area contributed by atoms with Crippen LogP contribution in [-0.4, -0.2) is 11.7 Å². The number of aromatic nitrogens is 1. The summed E-state index contributed by atoms with van der Waals surface area (Å²) in [6.07, 6.45) is 5.20. The standard InChI is InChI=1S/C11H12N2.C2H6/c1-4-10(8-12-3)11-5-6-13-9(2)7-11;1-2/h4-8H,1,3H2,2H3;1-2H3/b10-8+;. The lowest BCUT2D eigenvalue weighted by atomic mass is 10.1. The molecular formula is C13H18N2. The average molecular weight is 202 g/mol. The summed E-state index contributed by atoms with van der Waals surface area (Å²) >= 11 is 0. The predicted octanol–water partition coefficient (Wildman–Crippen LogP) is 3.64. The van der Waals surface area contributed by atoms with Crippen molar-refractivity contribution in [2.24, 2.45) is 4.99 Å². The summed E-state index contributed by atoms with van der Waals surface area (Å²) in [6, 6.07) is 3.91. The first-order valence-corrected chi connectivity index (χ1v) is 4.99. The van der Waals surface area contributed by atoms with Crippen LogP contribution < -0.4 is 0 Å². The maximum absolute atomic E-state index is 4.11. The van der Waals surface area contributed by atoms with Crippen LogP contribution in [0.15, 0.2) is 42.2 Å². The van der Waals surface area contributed by atoms with Gasteiger partial charge in [-0.1, -0.05) is 26.5 Å². The highest BCUT2D eigenvalue weighted by molar-refractivity contribution is 5.73. The van der Waals surface area contributed by atoms with Crippen LogP contribution in [0.3, 0.4) is 0 Å². The molecule has 0 radical (unpaired) electrons. The second kappa shape index (κ2) is 7.68. The van der Waals surface area contributed by atoms with E-state index in [1.807, 2.05) is 32.9 Å². The molecule has 0 aromatic carbocycles. The summed E-state index contributed by atoms with van der Waals surface area (Å²) in [7, 11) is 0. The third-order valence-corrected chi connectivity index (χ3v) is 1.68. The van der Waals surface area contributed by atoms with Gasteiger partial charge in [-0.05, 0) is 36.9 Å². The van der Waals surface area contributed by atoms with E-state index < -0.39 is 0 Å². The maximum atomic E-state index is 4.11. The molecule has 0 aliphatic heterocycles. The first-order valence-electron chi connectivity index (χ1n) is 4.99. The number of pyridine rings is 1. The van der Waals surface area contributed by atoms with Gasteiger partial charge in [-0.15, -0.1) is 0 Å². The van der Waals surface area contributed by atoms with E-state index in [1.165, 1.54) is 0 Å². The molecule has 1 aromatic rings. The molecule has 1 aromatic heterocycles. The van der Waals surface area contributed by atoms with Crippen molar-refractivity contribution in [1.29, 1.82) is 0 Å². The molecule has 0 atom stereocenters. The van der Waals surface area contributed by atoms with E-state index in [4.69, 9.17) is 0 Å². The summed E-state index contributed by atoms with van der Waals surface area (Å²) in [4.78, 5) is 7.82. The minimum atomic E-state index is 0.959. The molecule has 0 aliphatic rings. The molecule has 0 spiro atoms. The highest BCUT2D eigenvalue weighted by Gasteiger charge is 1.96. The first-order chi connectivity index (χ1) is 7.27. The van der Waals surface area contributed by atoms with Crippen molar-refractivity contribution in [1.82, 2.24) is 4.98 Å². The predicted molar refractivity (Wildman–Crippen MR) is 68.0 cm³/mol. The SMILES string of the molecule is C=C/C(=C\N=C)c1ccnc(C)c1.CC. The molecule has 0 N–H and O–H groups in total. The van der Waals surface area contributed by atoms with Crippen molar-refractivity contribution in [2.75, 3.05) is 0 Å². The van der Waals surface area contributed by atoms with Crippen molar-refractivity contribution in [2.45, 2.75) is 20.8 Å². The number of hydrogen-bond acceptors (Lipinski definition) is 2. The zero-order valence-electron chi connectivity index (χ0n) is 9.70. The van der Waals surface area contributed by atoms with Gasteiger partial charge in [0.05, 0.1) is 0 Å². The van der Waals surface area contributed by atoms with Gasteiger partial charge >= 0.3 is 0 Å². The van der Waals surface area contributed by atoms with Gasteiger partial charge in [0.25, 0.3) is 0 Å². The number of rotatable bonds is 3. The van der Waals surface area contributed by atoms with E-state index in [0.717, 1.165) is 16.8 Å². The number of aliphatic imine (C=N–C) groups is 1. The molecule has 15 heavy (non-hydrogen) atoms. The summed E-state index contributed by atoms with van der Waals surface area (Å²) in [5.74, 6) is 0. The summed E-state index contributed by atoms with van der Waals surface area (Å²) in [5, 5.41) is 0. The van der Waals surface area contributed by atoms with E-state index >= 15 is 0 Å². The Kier molecular flexibility index (Phi) is 6.81. The van der Waals surface area contributed by atoms with Crippen molar-refractivity contribution in [3.05, 3.63) is 48.4 Å². The third kappa shape index (κ3) is 4.36. The second-order valence-electron chi connectivity index (χ2n) is 2.66. The largest absolute Gasteiger partial charge is 0.272 e. The molecular weight excluding hydrogens is 184 g/mol. The van der Waals surface area contributed by atoms with Crippen LogP contribution in [0.2, 0.25) is 0 Å². The highest BCUT2D eigenvalue weighted by atomic mass is 14.7. The quantitative estimate of drug-likeness (QED) is 0.542. The zero-order valence-corrected chi connectivity index (χ0v) is 9.70. The molecule has 0 aliphatic carbocycles. The molecule has 1 rings (SSSR count). The van der Waals surface area contributed by atoms with E-state index in [9.17, 15) is 0 Å². The Labute approximate surface area is 92.1 Å². The Hall–Kier alpha value is -1.70. The van der Waals surface area contributed by atoms with Gasteiger partial charge in [0.1, 0.15) is 0 Å². The molecule has 80 valence electrons. The van der Waals surface area contributed by atoms with E-state index in [1.54, 1.807) is 18.5 Å². The normalized spacial score (nSPS) is 9.93. The lowest BCUT2D eigenvalue weighted by Gasteiger charge is -2.00. The van der Waals surface area contributed by atoms with Crippen molar-refractivity contribution < 1.29 is 0 Å². The maximum Gasteiger partial charge on any atom is 0.0378 e. The van der Waals surface area contributed by atoms with Crippen LogP contribution in [0.1, 0.15) is 25.1 Å². The molecule has 2 nitrogen and oxygen atoms in total. The van der Waals surface area contributed by atoms with Crippen LogP contribution in [0, 0.1) is 6.92 Å². The molecule has 1 heterocycles. The van der Waals surface area contributed by atoms with Crippen molar-refractivity contribution in [3.8, 4) is 0 Å². The number of allylic oxidation sites excluding steroid dienone is 2. The summed E-state index contributed by atoms with van der Waals surface area (Å²) in [6.45, 7) is 13.1. The Balaban J connectivity index is 0.000000921. The second-order valence-corrected chi connectivity index (χ2v) is 2.66. The van der Waals surface area contributed by atoms with Crippen molar-refractivity contribution in [3.63, 3.8) is 0 Å². The summed E-state index contributed by atoms with van der Waals surface area (Å²) < 4.78 is 0. The molecule has 2 heteroatoms. The first kappa shape index (κ1) is 13.3. The van der Waals surface area contributed by atoms with Crippen LogP contribution >= 0.6 is 0 Å². The Morgan fingerprint density at radius 3 is 2.60 bits per heavy atom. The van der Waals surface area contributed by atoms with E-state index in [2.05, 4.69) is 23.3 Å². The van der Waals surface area contributed by atoms with Crippen LogP contribution in [-0.2, 0) is 0 Å². The Morgan fingerprint density at radius 1 is 1.47 bits per heavy atom. The number of aryl methyl sites for hydroxylation is 1. The molecule has 0 fully saturated rings. The monoisotopic (exact) mass is 202 g/mol. The summed E-state index contributed by atoms with van der Waals surface area (Å²) in [5.41, 5.74) is 3.00. The van der Waals surface area contributed by atoms with Gasteiger partial charge < -0.3 is 0 Å². The minimum Gasteiger partial charge on any atom is -0.272 e. The van der Waals surface area contributed by atoms with Gasteiger partial charge in [0.2, 0.25) is 0 Å². The minimum absolute atomic E-state index is 0.959. The molecule has 0 bridgehead atoms. The van der Waals surface area contributed by atoms with Gasteiger partial charge in [0.15, 0.2) is 0 Å². The van der Waals surface area contributed by atoms with Gasteiger partial charge in [0, 0.05) is 18.1 Å². The van der Waals surface area contributed by atoms with Gasteiger partial charge in [-0.25, -0.2) is 0 Å². The zero-order chi connectivity index (χ0) is 11.7. The Bertz CT molecular complexity index is 351. The fourth-order valence-corrected chi connectivity index (χ4v) is 1.07. The lowest BCUT2D eigenvalue weighted by Crippen LogP contribution is -1.84. The fraction of sp³-hybridized carbons (Fsp3) is 0.231. The fourth-order valence-electron chi connectivity index (χ4n) is 1.07. The van der Waals surface area contributed by atoms with E-state index in [0.29, 0.717) is 0 Å². The van der Waals surface area contributed by atoms with Crippen LogP contribution in [0.5, 0.6) is 0 Å². The molecule has 0 amide bonds. The molecule has 0 saturated heterocycles. The third-order valence-electron chi connectivity index (χ3n) is 1.68. The molecule has 0 unspecified atom stereocenters. The van der Waals surface area contributed by atoms with Crippen LogP contribution in [0.4, 0.5) is 0 Å². The average Bonchev–Trinajstić information content (AvgIpc) is 2.28. The van der Waals surface area contributed by atoms with Gasteiger partial charge in [-0.3, -0.25) is 9.98 Å². The van der Waals surface area contributed by atoms with E-state index in [-0.39, 0.29) is 0 Å². The number of nitrogens with zero attached hydrogens (tertiary/aromatic N) is 2. The van der Waals surface area contributed by atoms with Crippen LogP contribution in [0.25, 0.3) is 5.57 Å². The molecule has 0 saturated carbocycles. The highest BCUT2D eigenvalue weighted by Crippen LogP contribution is 2.15.